The predicted molar refractivity (Wildman–Crippen MR) is 114 cm³/mol. The summed E-state index contributed by atoms with van der Waals surface area (Å²) in [6.07, 6.45) is 1.43. The highest BCUT2D eigenvalue weighted by atomic mass is 16.5. The molecule has 0 saturated carbocycles. The number of benzene rings is 3. The molecule has 3 aromatic carbocycles. The van der Waals surface area contributed by atoms with Gasteiger partial charge in [-0.3, -0.25) is 0 Å². The van der Waals surface area contributed by atoms with Crippen LogP contribution in [0.5, 0.6) is 5.75 Å². The van der Waals surface area contributed by atoms with Crippen molar-refractivity contribution >= 4 is 17.9 Å². The summed E-state index contributed by atoms with van der Waals surface area (Å²) in [7, 11) is 0. The summed E-state index contributed by atoms with van der Waals surface area (Å²) in [5, 5.41) is 0. The van der Waals surface area contributed by atoms with Crippen molar-refractivity contribution in [3.63, 3.8) is 0 Å². The van der Waals surface area contributed by atoms with Gasteiger partial charge in [0.1, 0.15) is 19.0 Å². The Kier molecular flexibility index (Phi) is 7.32. The molecule has 0 atom stereocenters. The van der Waals surface area contributed by atoms with Gasteiger partial charge in [-0.2, -0.15) is 0 Å². The normalized spacial score (nSPS) is 10.1. The van der Waals surface area contributed by atoms with Crippen molar-refractivity contribution in [1.82, 2.24) is 0 Å². The van der Waals surface area contributed by atoms with E-state index in [0.717, 1.165) is 5.56 Å². The molecular formula is C25H20O6. The summed E-state index contributed by atoms with van der Waals surface area (Å²) in [6.45, 7) is 3.52. The summed E-state index contributed by atoms with van der Waals surface area (Å²) in [5.74, 6) is -1.84. The summed E-state index contributed by atoms with van der Waals surface area (Å²) >= 11 is 0. The average Bonchev–Trinajstić information content (AvgIpc) is 2.81. The Labute approximate surface area is 179 Å². The minimum absolute atomic E-state index is 0.0119. The van der Waals surface area contributed by atoms with Crippen molar-refractivity contribution in [3.05, 3.63) is 114 Å². The Bertz CT molecular complexity index is 1070. The smallest absolute Gasteiger partial charge is 0.344 e. The van der Waals surface area contributed by atoms with Crippen molar-refractivity contribution in [2.75, 3.05) is 6.61 Å². The highest BCUT2D eigenvalue weighted by Gasteiger charge is 2.23. The van der Waals surface area contributed by atoms with E-state index in [1.165, 1.54) is 24.3 Å². The fraction of sp³-hybridized carbons (Fsp3) is 0.0800. The molecule has 3 rings (SSSR count). The average molecular weight is 416 g/mol. The summed E-state index contributed by atoms with van der Waals surface area (Å²) in [4.78, 5) is 37.7. The van der Waals surface area contributed by atoms with E-state index in [4.69, 9.17) is 14.2 Å². The first-order valence-electron chi connectivity index (χ1n) is 9.49. The largest absolute Gasteiger partial charge is 0.458 e. The Balaban J connectivity index is 1.87. The Morgan fingerprint density at radius 2 is 1.42 bits per heavy atom. The molecule has 0 aliphatic rings. The minimum Gasteiger partial charge on any atom is -0.458 e. The van der Waals surface area contributed by atoms with E-state index in [1.54, 1.807) is 42.5 Å². The lowest BCUT2D eigenvalue weighted by Gasteiger charge is -2.11. The van der Waals surface area contributed by atoms with Crippen LogP contribution in [-0.2, 0) is 16.1 Å². The number of rotatable bonds is 8. The number of carbonyl (C=O) groups is 3. The van der Waals surface area contributed by atoms with Crippen LogP contribution in [0.1, 0.15) is 36.6 Å². The third-order valence-corrected chi connectivity index (χ3v) is 4.19. The third kappa shape index (κ3) is 5.90. The molecule has 0 aromatic heterocycles. The molecule has 0 radical (unpaired) electrons. The van der Waals surface area contributed by atoms with Gasteiger partial charge in [-0.25, -0.2) is 14.4 Å². The fourth-order valence-corrected chi connectivity index (χ4v) is 2.69. The second-order valence-electron chi connectivity index (χ2n) is 6.41. The summed E-state index contributed by atoms with van der Waals surface area (Å²) in [5.41, 5.74) is 0.766. The van der Waals surface area contributed by atoms with Crippen LogP contribution in [0, 0.1) is 0 Å². The number of hydrogen-bond acceptors (Lipinski definition) is 6. The molecule has 31 heavy (non-hydrogen) atoms. The topological polar surface area (TPSA) is 78.9 Å². The molecule has 0 spiro atoms. The highest BCUT2D eigenvalue weighted by Crippen LogP contribution is 2.19. The van der Waals surface area contributed by atoms with E-state index in [9.17, 15) is 14.4 Å². The summed E-state index contributed by atoms with van der Waals surface area (Å²) in [6, 6.07) is 21.6. The van der Waals surface area contributed by atoms with Gasteiger partial charge in [0.25, 0.3) is 0 Å². The second-order valence-corrected chi connectivity index (χ2v) is 6.41. The number of hydrogen-bond donors (Lipinski definition) is 0. The molecule has 0 unspecified atom stereocenters. The van der Waals surface area contributed by atoms with Crippen LogP contribution in [0.25, 0.3) is 0 Å². The van der Waals surface area contributed by atoms with Crippen molar-refractivity contribution in [2.45, 2.75) is 6.61 Å². The van der Waals surface area contributed by atoms with Gasteiger partial charge >= 0.3 is 17.9 Å². The molecule has 0 saturated heterocycles. The molecule has 0 aliphatic heterocycles. The second kappa shape index (κ2) is 10.5. The molecule has 3 aromatic rings. The van der Waals surface area contributed by atoms with Gasteiger partial charge < -0.3 is 14.2 Å². The lowest BCUT2D eigenvalue weighted by molar-refractivity contribution is 0.0465. The zero-order chi connectivity index (χ0) is 22.1. The van der Waals surface area contributed by atoms with Gasteiger partial charge in [-0.05, 0) is 35.9 Å². The first-order valence-corrected chi connectivity index (χ1v) is 9.49. The van der Waals surface area contributed by atoms with Crippen molar-refractivity contribution < 1.29 is 28.6 Å². The van der Waals surface area contributed by atoms with E-state index in [0.29, 0.717) is 5.75 Å². The van der Waals surface area contributed by atoms with E-state index in [-0.39, 0.29) is 29.9 Å². The molecule has 156 valence electrons. The van der Waals surface area contributed by atoms with Crippen molar-refractivity contribution in [3.8, 4) is 5.75 Å². The molecule has 0 aliphatic carbocycles. The lowest BCUT2D eigenvalue weighted by atomic mass is 10.0. The first kappa shape index (κ1) is 21.5. The lowest BCUT2D eigenvalue weighted by Crippen LogP contribution is -2.17. The maximum atomic E-state index is 12.8. The quantitative estimate of drug-likeness (QED) is 0.303. The monoisotopic (exact) mass is 416 g/mol. The molecule has 6 nitrogen and oxygen atoms in total. The van der Waals surface area contributed by atoms with Gasteiger partial charge in [-0.1, -0.05) is 61.2 Å². The number of ether oxygens (including phenoxy) is 3. The highest BCUT2D eigenvalue weighted by molar-refractivity contribution is 6.05. The van der Waals surface area contributed by atoms with Gasteiger partial charge in [-0.15, -0.1) is 0 Å². The van der Waals surface area contributed by atoms with Crippen molar-refractivity contribution in [2.24, 2.45) is 0 Å². The third-order valence-electron chi connectivity index (χ3n) is 4.19. The number of carbonyl (C=O) groups excluding carboxylic acids is 3. The number of para-hydroxylation sites is 1. The van der Waals surface area contributed by atoms with Crippen molar-refractivity contribution in [1.29, 1.82) is 0 Å². The fourth-order valence-electron chi connectivity index (χ4n) is 2.69. The van der Waals surface area contributed by atoms with E-state index in [1.807, 2.05) is 18.2 Å². The van der Waals surface area contributed by atoms with Crippen LogP contribution in [0.2, 0.25) is 0 Å². The molecular weight excluding hydrogens is 396 g/mol. The van der Waals surface area contributed by atoms with E-state index >= 15 is 0 Å². The van der Waals surface area contributed by atoms with Crippen LogP contribution in [-0.4, -0.2) is 24.5 Å². The molecule has 0 heterocycles. The van der Waals surface area contributed by atoms with Gasteiger partial charge in [0.05, 0.1) is 16.7 Å². The zero-order valence-corrected chi connectivity index (χ0v) is 16.7. The maximum absolute atomic E-state index is 12.8. The molecule has 0 N–H and O–H groups in total. The predicted octanol–water partition coefficient (Wildman–Crippen LogP) is 4.61. The van der Waals surface area contributed by atoms with Gasteiger partial charge in [0, 0.05) is 0 Å². The van der Waals surface area contributed by atoms with Crippen LogP contribution < -0.4 is 4.74 Å². The molecule has 6 heteroatoms. The summed E-state index contributed by atoms with van der Waals surface area (Å²) < 4.78 is 15.7. The van der Waals surface area contributed by atoms with Crippen LogP contribution >= 0.6 is 0 Å². The van der Waals surface area contributed by atoms with Crippen LogP contribution in [0.15, 0.2) is 91.5 Å². The Morgan fingerprint density at radius 3 is 2.10 bits per heavy atom. The molecule has 0 fully saturated rings. The Morgan fingerprint density at radius 1 is 0.742 bits per heavy atom. The van der Waals surface area contributed by atoms with Crippen LogP contribution in [0.4, 0.5) is 0 Å². The molecule has 0 amide bonds. The van der Waals surface area contributed by atoms with Crippen LogP contribution in [0.3, 0.4) is 0 Å². The minimum atomic E-state index is -0.762. The SMILES string of the molecule is C=CCOC(=O)c1ccc(C(=O)Oc2ccccc2)c(C(=O)OCc2ccccc2)c1. The standard InChI is InChI=1S/C25H20O6/c1-2-15-29-23(26)19-13-14-21(25(28)31-20-11-7-4-8-12-20)22(16-19)24(27)30-17-18-9-5-3-6-10-18/h2-14,16H,1,15,17H2. The van der Waals surface area contributed by atoms with Gasteiger partial charge in [0.15, 0.2) is 0 Å². The first-order chi connectivity index (χ1) is 15.1. The van der Waals surface area contributed by atoms with Gasteiger partial charge in [0.2, 0.25) is 0 Å². The Hall–Kier alpha value is -4.19. The molecule has 0 bridgehead atoms. The van der Waals surface area contributed by atoms with E-state index in [2.05, 4.69) is 6.58 Å². The maximum Gasteiger partial charge on any atom is 0.344 e. The van der Waals surface area contributed by atoms with E-state index < -0.39 is 17.9 Å². The zero-order valence-electron chi connectivity index (χ0n) is 16.7. The number of esters is 3.